The van der Waals surface area contributed by atoms with Crippen molar-refractivity contribution < 1.29 is 28.7 Å². The van der Waals surface area contributed by atoms with E-state index in [1.54, 1.807) is 0 Å². The third-order valence-corrected chi connectivity index (χ3v) is 7.83. The summed E-state index contributed by atoms with van der Waals surface area (Å²) in [5, 5.41) is 13.0. The van der Waals surface area contributed by atoms with Crippen LogP contribution in [0.5, 0.6) is 0 Å². The fraction of sp³-hybridized carbons (Fsp3) is 0.424. The number of benzene rings is 2. The van der Waals surface area contributed by atoms with Crippen LogP contribution in [0.1, 0.15) is 55.6 Å². The normalized spacial score (nSPS) is 16.4. The molecule has 4 N–H and O–H groups in total. The molecule has 0 saturated carbocycles. The molecular weight excluding hydrogens is 576 g/mol. The molecule has 1 aliphatic heterocycles. The summed E-state index contributed by atoms with van der Waals surface area (Å²) in [6.07, 6.45) is 5.81. The van der Waals surface area contributed by atoms with Crippen molar-refractivity contribution in [2.45, 2.75) is 64.1 Å². The van der Waals surface area contributed by atoms with Crippen LogP contribution in [0.15, 0.2) is 61.1 Å². The van der Waals surface area contributed by atoms with Crippen molar-refractivity contribution in [1.82, 2.24) is 31.2 Å². The first-order valence-electron chi connectivity index (χ1n) is 15.2. The molecule has 2 heterocycles. The van der Waals surface area contributed by atoms with Gasteiger partial charge in [-0.15, -0.1) is 0 Å². The Bertz CT molecular complexity index is 1510. The van der Waals surface area contributed by atoms with Gasteiger partial charge in [-0.05, 0) is 47.9 Å². The molecule has 1 unspecified atom stereocenters. The molecule has 2 aromatic carbocycles. The summed E-state index contributed by atoms with van der Waals surface area (Å²) in [7, 11) is 1.23. The Balaban J connectivity index is 1.54. The molecule has 1 saturated heterocycles. The van der Waals surface area contributed by atoms with Crippen LogP contribution in [0.3, 0.4) is 0 Å². The van der Waals surface area contributed by atoms with E-state index >= 15 is 0 Å². The second-order valence-corrected chi connectivity index (χ2v) is 11.6. The van der Waals surface area contributed by atoms with Gasteiger partial charge in [0, 0.05) is 31.3 Å². The van der Waals surface area contributed by atoms with E-state index in [2.05, 4.69) is 31.2 Å². The van der Waals surface area contributed by atoms with Crippen LogP contribution in [0.25, 0.3) is 10.8 Å². The van der Waals surface area contributed by atoms with E-state index in [0.717, 1.165) is 16.3 Å². The van der Waals surface area contributed by atoms with Crippen molar-refractivity contribution >= 4 is 40.4 Å². The standard InChI is InChI=1S/C33H40N6O6/c1-20(2)17-26(30(41)37-25(33(44)45-3)12-11-22-13-14-36-29(22)40)38-31(42)27(39-32(43)28-19-34-15-16-35-28)18-23-9-6-8-21-7-4-5-10-24(21)23/h4-10,15-16,19-20,22,25-27H,11-14,17-18H2,1-3H3,(H,36,40)(H,37,41)(H,38,42)(H,39,43)/t22-,25+,26+,27?/m1/s1. The zero-order valence-electron chi connectivity index (χ0n) is 25.7. The van der Waals surface area contributed by atoms with E-state index in [-0.39, 0.29) is 42.7 Å². The molecule has 0 bridgehead atoms. The van der Waals surface area contributed by atoms with Crippen molar-refractivity contribution in [3.05, 3.63) is 72.3 Å². The Kier molecular flexibility index (Phi) is 11.5. The smallest absolute Gasteiger partial charge is 0.328 e. The Morgan fingerprint density at radius 3 is 2.38 bits per heavy atom. The summed E-state index contributed by atoms with van der Waals surface area (Å²) in [4.78, 5) is 73.2. The number of esters is 1. The fourth-order valence-electron chi connectivity index (χ4n) is 5.48. The molecule has 12 heteroatoms. The number of hydrogen-bond donors (Lipinski definition) is 4. The topological polar surface area (TPSA) is 168 Å². The lowest BCUT2D eigenvalue weighted by molar-refractivity contribution is -0.146. The molecule has 0 radical (unpaired) electrons. The molecule has 4 rings (SSSR count). The first kappa shape index (κ1) is 33.0. The van der Waals surface area contributed by atoms with E-state index in [1.807, 2.05) is 56.3 Å². The van der Waals surface area contributed by atoms with Gasteiger partial charge in [0.15, 0.2) is 0 Å². The summed E-state index contributed by atoms with van der Waals surface area (Å²) < 4.78 is 4.92. The number of hydrogen-bond acceptors (Lipinski definition) is 8. The predicted octanol–water partition coefficient (Wildman–Crippen LogP) is 2.08. The number of ether oxygens (including phenoxy) is 1. The van der Waals surface area contributed by atoms with Crippen molar-refractivity contribution in [3.8, 4) is 0 Å². The third kappa shape index (κ3) is 9.07. The van der Waals surface area contributed by atoms with Crippen LogP contribution in [-0.4, -0.2) is 71.3 Å². The number of aromatic nitrogens is 2. The maximum Gasteiger partial charge on any atom is 0.328 e. The van der Waals surface area contributed by atoms with Crippen LogP contribution >= 0.6 is 0 Å². The zero-order valence-corrected chi connectivity index (χ0v) is 25.7. The second-order valence-electron chi connectivity index (χ2n) is 11.6. The lowest BCUT2D eigenvalue weighted by Crippen LogP contribution is -2.56. The molecule has 1 aliphatic rings. The molecule has 0 aliphatic carbocycles. The molecule has 45 heavy (non-hydrogen) atoms. The van der Waals surface area contributed by atoms with Crippen LogP contribution in [-0.2, 0) is 30.3 Å². The second kappa shape index (κ2) is 15.7. The summed E-state index contributed by atoms with van der Waals surface area (Å²) in [5.41, 5.74) is 0.876. The number of carbonyl (C=O) groups is 5. The first-order chi connectivity index (χ1) is 21.7. The molecular formula is C33H40N6O6. The van der Waals surface area contributed by atoms with E-state index in [1.165, 1.54) is 25.7 Å². The highest BCUT2D eigenvalue weighted by atomic mass is 16.5. The molecule has 4 amide bonds. The van der Waals surface area contributed by atoms with Crippen molar-refractivity contribution in [2.75, 3.05) is 13.7 Å². The highest BCUT2D eigenvalue weighted by Gasteiger charge is 2.32. The van der Waals surface area contributed by atoms with E-state index < -0.39 is 41.8 Å². The van der Waals surface area contributed by atoms with Gasteiger partial charge >= 0.3 is 5.97 Å². The van der Waals surface area contributed by atoms with E-state index in [9.17, 15) is 24.0 Å². The Morgan fingerprint density at radius 2 is 1.69 bits per heavy atom. The van der Waals surface area contributed by atoms with E-state index in [0.29, 0.717) is 19.4 Å². The average Bonchev–Trinajstić information content (AvgIpc) is 3.46. The number of nitrogens with one attached hydrogen (secondary N) is 4. The van der Waals surface area contributed by atoms with Gasteiger partial charge in [-0.25, -0.2) is 9.78 Å². The highest BCUT2D eigenvalue weighted by Crippen LogP contribution is 2.21. The van der Waals surface area contributed by atoms with Crippen LogP contribution in [0.2, 0.25) is 0 Å². The number of fused-ring (bicyclic) bond motifs is 1. The minimum Gasteiger partial charge on any atom is -0.467 e. The van der Waals surface area contributed by atoms with Gasteiger partial charge in [-0.1, -0.05) is 56.3 Å². The molecule has 1 aromatic heterocycles. The summed E-state index contributed by atoms with van der Waals surface area (Å²) in [6, 6.07) is 10.4. The Morgan fingerprint density at radius 1 is 0.956 bits per heavy atom. The summed E-state index contributed by atoms with van der Waals surface area (Å²) in [5.74, 6) is -2.67. The van der Waals surface area contributed by atoms with Gasteiger partial charge in [0.25, 0.3) is 5.91 Å². The van der Waals surface area contributed by atoms with Crippen molar-refractivity contribution in [1.29, 1.82) is 0 Å². The van der Waals surface area contributed by atoms with Gasteiger partial charge in [0.05, 0.1) is 13.3 Å². The number of carbonyl (C=O) groups excluding carboxylic acids is 5. The van der Waals surface area contributed by atoms with Gasteiger partial charge < -0.3 is 26.0 Å². The highest BCUT2D eigenvalue weighted by molar-refractivity contribution is 5.98. The van der Waals surface area contributed by atoms with Gasteiger partial charge in [-0.2, -0.15) is 0 Å². The van der Waals surface area contributed by atoms with E-state index in [4.69, 9.17) is 4.74 Å². The Hall–Kier alpha value is -4.87. The largest absolute Gasteiger partial charge is 0.467 e. The maximum atomic E-state index is 13.9. The first-order valence-corrected chi connectivity index (χ1v) is 15.2. The Labute approximate surface area is 262 Å². The summed E-state index contributed by atoms with van der Waals surface area (Å²) >= 11 is 0. The fourth-order valence-corrected chi connectivity index (χ4v) is 5.48. The van der Waals surface area contributed by atoms with Crippen LogP contribution < -0.4 is 21.3 Å². The molecule has 3 aromatic rings. The number of rotatable bonds is 14. The van der Waals surface area contributed by atoms with Gasteiger partial charge in [0.2, 0.25) is 17.7 Å². The van der Waals surface area contributed by atoms with Crippen LogP contribution in [0, 0.1) is 11.8 Å². The minimum absolute atomic E-state index is 0.00510. The third-order valence-electron chi connectivity index (χ3n) is 7.83. The van der Waals surface area contributed by atoms with Gasteiger partial charge in [0.1, 0.15) is 23.8 Å². The quantitative estimate of drug-likeness (QED) is 0.200. The molecule has 1 fully saturated rings. The van der Waals surface area contributed by atoms with Crippen molar-refractivity contribution in [3.63, 3.8) is 0 Å². The lowest BCUT2D eigenvalue weighted by atomic mass is 9.96. The number of amides is 4. The number of methoxy groups -OCH3 is 1. The SMILES string of the molecule is COC(=O)[C@H](CC[C@@H]1CCNC1=O)NC(=O)[C@H](CC(C)C)NC(=O)C(Cc1cccc2ccccc12)NC(=O)c1cnccn1. The van der Waals surface area contributed by atoms with Crippen molar-refractivity contribution in [2.24, 2.45) is 11.8 Å². The predicted molar refractivity (Wildman–Crippen MR) is 167 cm³/mol. The number of nitrogens with zero attached hydrogens (tertiary/aromatic N) is 2. The average molecular weight is 617 g/mol. The monoisotopic (exact) mass is 616 g/mol. The summed E-state index contributed by atoms with van der Waals surface area (Å²) in [6.45, 7) is 4.40. The lowest BCUT2D eigenvalue weighted by Gasteiger charge is -2.26. The molecule has 0 spiro atoms. The van der Waals surface area contributed by atoms with Gasteiger partial charge in [-0.3, -0.25) is 24.2 Å². The van der Waals surface area contributed by atoms with Crippen LogP contribution in [0.4, 0.5) is 0 Å². The maximum absolute atomic E-state index is 13.9. The molecule has 238 valence electrons. The zero-order chi connectivity index (χ0) is 32.3. The minimum atomic E-state index is -1.06. The molecule has 4 atom stereocenters. The molecule has 12 nitrogen and oxygen atoms in total.